The largest absolute Gasteiger partial charge is 0.388 e. The Bertz CT molecular complexity index is 463. The third-order valence-corrected chi connectivity index (χ3v) is 3.82. The van der Waals surface area contributed by atoms with E-state index in [1.807, 2.05) is 31.4 Å². The van der Waals surface area contributed by atoms with E-state index in [1.165, 1.54) is 0 Å². The van der Waals surface area contributed by atoms with Crippen molar-refractivity contribution in [1.82, 2.24) is 4.57 Å². The molecule has 100 valence electrons. The van der Waals surface area contributed by atoms with Gasteiger partial charge in [-0.2, -0.15) is 0 Å². The summed E-state index contributed by atoms with van der Waals surface area (Å²) in [4.78, 5) is 11.7. The summed E-state index contributed by atoms with van der Waals surface area (Å²) in [6.07, 6.45) is 2.28. The highest BCUT2D eigenvalue weighted by atomic mass is 16.3. The van der Waals surface area contributed by atoms with E-state index in [0.29, 0.717) is 0 Å². The molecule has 0 spiro atoms. The van der Waals surface area contributed by atoms with Gasteiger partial charge in [0.2, 0.25) is 5.91 Å². The molecule has 2 unspecified atom stereocenters. The van der Waals surface area contributed by atoms with Gasteiger partial charge in [0.25, 0.3) is 0 Å². The summed E-state index contributed by atoms with van der Waals surface area (Å²) < 4.78 is 2.03. The average molecular weight is 250 g/mol. The second-order valence-electron chi connectivity index (χ2n) is 5.56. The lowest BCUT2D eigenvalue weighted by Crippen LogP contribution is -2.32. The molecule has 0 aliphatic heterocycles. The van der Waals surface area contributed by atoms with Crippen molar-refractivity contribution in [1.29, 1.82) is 0 Å². The SMILES string of the molecule is Cc1cc2c(n1C(C(N)=O)C(C)C)CCCC2O. The summed E-state index contributed by atoms with van der Waals surface area (Å²) in [6, 6.07) is 1.68. The van der Waals surface area contributed by atoms with Gasteiger partial charge >= 0.3 is 0 Å². The summed E-state index contributed by atoms with van der Waals surface area (Å²) >= 11 is 0. The summed E-state index contributed by atoms with van der Waals surface area (Å²) in [7, 11) is 0. The van der Waals surface area contributed by atoms with Crippen LogP contribution in [0.15, 0.2) is 6.07 Å². The highest BCUT2D eigenvalue weighted by molar-refractivity contribution is 5.79. The number of primary amides is 1. The lowest BCUT2D eigenvalue weighted by Gasteiger charge is -2.27. The Morgan fingerprint density at radius 2 is 2.22 bits per heavy atom. The zero-order valence-corrected chi connectivity index (χ0v) is 11.3. The second kappa shape index (κ2) is 4.76. The number of nitrogens with two attached hydrogens (primary N) is 1. The molecule has 3 N–H and O–H groups in total. The molecule has 1 aliphatic carbocycles. The monoisotopic (exact) mass is 250 g/mol. The number of hydrogen-bond acceptors (Lipinski definition) is 2. The molecule has 2 rings (SSSR count). The number of aryl methyl sites for hydroxylation is 1. The van der Waals surface area contributed by atoms with Crippen molar-refractivity contribution in [2.75, 3.05) is 0 Å². The minimum atomic E-state index is -0.394. The van der Waals surface area contributed by atoms with Gasteiger partial charge in [0, 0.05) is 17.0 Å². The number of carbonyl (C=O) groups is 1. The molecule has 2 atom stereocenters. The Kier molecular flexibility index (Phi) is 3.48. The van der Waals surface area contributed by atoms with E-state index in [-0.39, 0.29) is 17.9 Å². The van der Waals surface area contributed by atoms with Crippen molar-refractivity contribution in [2.45, 2.75) is 52.2 Å². The minimum absolute atomic E-state index is 0.150. The molecule has 4 nitrogen and oxygen atoms in total. The van der Waals surface area contributed by atoms with Gasteiger partial charge in [0.1, 0.15) is 6.04 Å². The van der Waals surface area contributed by atoms with Crippen molar-refractivity contribution >= 4 is 5.91 Å². The number of hydrogen-bond donors (Lipinski definition) is 2. The van der Waals surface area contributed by atoms with Crippen LogP contribution in [-0.4, -0.2) is 15.6 Å². The van der Waals surface area contributed by atoms with Crippen LogP contribution in [0.25, 0.3) is 0 Å². The molecule has 0 aromatic carbocycles. The molecule has 0 bridgehead atoms. The van der Waals surface area contributed by atoms with E-state index in [4.69, 9.17) is 5.73 Å². The van der Waals surface area contributed by atoms with E-state index in [2.05, 4.69) is 0 Å². The first-order valence-electron chi connectivity index (χ1n) is 6.61. The molecule has 18 heavy (non-hydrogen) atoms. The molecular weight excluding hydrogens is 228 g/mol. The Morgan fingerprint density at radius 3 is 2.78 bits per heavy atom. The predicted molar refractivity (Wildman–Crippen MR) is 70.1 cm³/mol. The predicted octanol–water partition coefficient (Wildman–Crippen LogP) is 1.85. The van der Waals surface area contributed by atoms with Crippen LogP contribution in [0.4, 0.5) is 0 Å². The van der Waals surface area contributed by atoms with Gasteiger partial charge in [0.15, 0.2) is 0 Å². The minimum Gasteiger partial charge on any atom is -0.388 e. The zero-order valence-electron chi connectivity index (χ0n) is 11.3. The lowest BCUT2D eigenvalue weighted by molar-refractivity contribution is -0.122. The first kappa shape index (κ1) is 13.1. The molecule has 1 aromatic heterocycles. The number of aromatic nitrogens is 1. The number of aliphatic hydroxyl groups excluding tert-OH is 1. The number of nitrogens with zero attached hydrogens (tertiary/aromatic N) is 1. The summed E-state index contributed by atoms with van der Waals surface area (Å²) in [5, 5.41) is 10.0. The van der Waals surface area contributed by atoms with Gasteiger partial charge in [-0.15, -0.1) is 0 Å². The number of rotatable bonds is 3. The highest BCUT2D eigenvalue weighted by Crippen LogP contribution is 2.35. The normalized spacial score (nSPS) is 20.8. The Labute approximate surface area is 108 Å². The molecule has 1 amide bonds. The van der Waals surface area contributed by atoms with E-state index >= 15 is 0 Å². The van der Waals surface area contributed by atoms with Crippen molar-refractivity contribution in [3.8, 4) is 0 Å². The first-order valence-corrected chi connectivity index (χ1v) is 6.61. The topological polar surface area (TPSA) is 68.2 Å². The van der Waals surface area contributed by atoms with Crippen LogP contribution in [0.2, 0.25) is 0 Å². The molecule has 4 heteroatoms. The van der Waals surface area contributed by atoms with Crippen molar-refractivity contribution in [3.05, 3.63) is 23.0 Å². The summed E-state index contributed by atoms with van der Waals surface area (Å²) in [6.45, 7) is 5.98. The van der Waals surface area contributed by atoms with E-state index in [9.17, 15) is 9.90 Å². The number of fused-ring (bicyclic) bond motifs is 1. The third kappa shape index (κ3) is 2.05. The van der Waals surface area contributed by atoms with Crippen LogP contribution in [0.1, 0.15) is 55.8 Å². The molecular formula is C14H22N2O2. The number of aliphatic hydroxyl groups is 1. The van der Waals surface area contributed by atoms with Crippen molar-refractivity contribution in [2.24, 2.45) is 11.7 Å². The maximum absolute atomic E-state index is 11.7. The van der Waals surface area contributed by atoms with Crippen molar-refractivity contribution < 1.29 is 9.90 Å². The van der Waals surface area contributed by atoms with Gasteiger partial charge in [-0.05, 0) is 38.2 Å². The highest BCUT2D eigenvalue weighted by Gasteiger charge is 2.30. The van der Waals surface area contributed by atoms with Crippen LogP contribution >= 0.6 is 0 Å². The van der Waals surface area contributed by atoms with Crippen molar-refractivity contribution in [3.63, 3.8) is 0 Å². The number of amides is 1. The summed E-state index contributed by atoms with van der Waals surface area (Å²) in [5.74, 6) is -0.150. The smallest absolute Gasteiger partial charge is 0.240 e. The van der Waals surface area contributed by atoms with Crippen LogP contribution in [-0.2, 0) is 11.2 Å². The second-order valence-corrected chi connectivity index (χ2v) is 5.56. The lowest BCUT2D eigenvalue weighted by atomic mass is 9.94. The molecule has 0 radical (unpaired) electrons. The maximum atomic E-state index is 11.7. The fourth-order valence-corrected chi connectivity index (χ4v) is 3.04. The zero-order chi connectivity index (χ0) is 13.4. The van der Waals surface area contributed by atoms with E-state index < -0.39 is 6.10 Å². The van der Waals surface area contributed by atoms with Crippen LogP contribution < -0.4 is 5.73 Å². The molecule has 0 saturated carbocycles. The van der Waals surface area contributed by atoms with Gasteiger partial charge < -0.3 is 15.4 Å². The Morgan fingerprint density at radius 1 is 1.56 bits per heavy atom. The standard InChI is InChI=1S/C14H22N2O2/c1-8(2)13(14(15)18)16-9(3)7-10-11(16)5-4-6-12(10)17/h7-8,12-13,17H,4-6H2,1-3H3,(H2,15,18). The van der Waals surface area contributed by atoms with E-state index in [1.54, 1.807) is 0 Å². The first-order chi connectivity index (χ1) is 8.43. The molecule has 0 saturated heterocycles. The maximum Gasteiger partial charge on any atom is 0.240 e. The number of carbonyl (C=O) groups excluding carboxylic acids is 1. The third-order valence-electron chi connectivity index (χ3n) is 3.82. The Balaban J connectivity index is 2.53. The quantitative estimate of drug-likeness (QED) is 0.859. The van der Waals surface area contributed by atoms with Gasteiger partial charge in [-0.1, -0.05) is 13.8 Å². The summed E-state index contributed by atoms with van der Waals surface area (Å²) in [5.41, 5.74) is 8.62. The fourth-order valence-electron chi connectivity index (χ4n) is 3.04. The van der Waals surface area contributed by atoms with Crippen LogP contribution in [0.3, 0.4) is 0 Å². The molecule has 1 aromatic rings. The van der Waals surface area contributed by atoms with Gasteiger partial charge in [0.05, 0.1) is 6.10 Å². The molecule has 0 fully saturated rings. The van der Waals surface area contributed by atoms with Gasteiger partial charge in [-0.25, -0.2) is 0 Å². The van der Waals surface area contributed by atoms with E-state index in [0.717, 1.165) is 36.2 Å². The van der Waals surface area contributed by atoms with Gasteiger partial charge in [-0.3, -0.25) is 4.79 Å². The average Bonchev–Trinajstić information content (AvgIpc) is 2.57. The van der Waals surface area contributed by atoms with Crippen LogP contribution in [0.5, 0.6) is 0 Å². The Hall–Kier alpha value is -1.29. The molecule has 1 aliphatic rings. The fraction of sp³-hybridized carbons (Fsp3) is 0.643. The van der Waals surface area contributed by atoms with Crippen LogP contribution in [0, 0.1) is 12.8 Å². The molecule has 1 heterocycles.